The van der Waals surface area contributed by atoms with Gasteiger partial charge >= 0.3 is 25.7 Å². The van der Waals surface area contributed by atoms with Crippen molar-refractivity contribution in [1.82, 2.24) is 0 Å². The molecule has 0 aromatic carbocycles. The van der Waals surface area contributed by atoms with Crippen LogP contribution in [0.5, 0.6) is 0 Å². The van der Waals surface area contributed by atoms with Crippen molar-refractivity contribution >= 4 is 25.7 Å². The Balaban J connectivity index is 4.91. The van der Waals surface area contributed by atoms with Crippen LogP contribution in [0.15, 0.2) is 122 Å². The predicted octanol–water partition coefficient (Wildman–Crippen LogP) is 16.0. The molecule has 0 radical (unpaired) electrons. The van der Waals surface area contributed by atoms with Crippen molar-refractivity contribution in [3.8, 4) is 0 Å². The van der Waals surface area contributed by atoms with E-state index in [4.69, 9.17) is 23.3 Å². The summed E-state index contributed by atoms with van der Waals surface area (Å²) in [6, 6.07) is 0. The molecule has 0 aromatic heterocycles. The lowest BCUT2D eigenvalue weighted by Crippen LogP contribution is -2.30. The first kappa shape index (κ1) is 67.9. The molecule has 2 N–H and O–H groups in total. The van der Waals surface area contributed by atoms with E-state index in [0.717, 1.165) is 103 Å². The van der Waals surface area contributed by atoms with Gasteiger partial charge in [-0.15, -0.1) is 0 Å². The first-order chi connectivity index (χ1) is 35.2. The standard InChI is InChI=1S/C60H97O11P/c1-4-7-10-13-16-19-22-25-28-31-34-37-40-43-46-49-58(62)67-53-57(71-60(64)51-48-45-42-39-36-33-30-27-24-21-18-15-12-9-6-3)55-69-72(65,66)68-54-56(52-61)70-59(63)50-47-44-41-38-35-32-29-26-23-20-17-14-11-8-5-2/h7,9-10,12,16,18-19,21,25-30,34,36-37,39,43,46,56-57,61H,4-6,8,11,13-15,17,20,22-24,31-33,35,38,40-42,44-45,47-55H2,1-3H3,(H,65,66)/b10-7-,12-9-,19-16-,21-18-,28-25-,29-26-,30-27-,37-34-,39-36-,46-43-. The van der Waals surface area contributed by atoms with Gasteiger partial charge in [0, 0.05) is 12.8 Å². The number of allylic oxidation sites excluding steroid dienone is 19. The van der Waals surface area contributed by atoms with Crippen LogP contribution in [0.3, 0.4) is 0 Å². The first-order valence-electron chi connectivity index (χ1n) is 27.4. The molecule has 408 valence electrons. The molecule has 3 atom stereocenters. The highest BCUT2D eigenvalue weighted by Crippen LogP contribution is 2.43. The molecule has 0 bridgehead atoms. The fourth-order valence-electron chi connectivity index (χ4n) is 6.77. The van der Waals surface area contributed by atoms with Crippen LogP contribution in [-0.2, 0) is 42.2 Å². The number of aliphatic hydroxyl groups is 1. The zero-order valence-corrected chi connectivity index (χ0v) is 45.7. The van der Waals surface area contributed by atoms with Gasteiger partial charge in [-0.25, -0.2) is 4.57 Å². The second kappa shape index (κ2) is 53.2. The second-order valence-electron chi connectivity index (χ2n) is 17.6. The molecule has 3 unspecified atom stereocenters. The molecule has 72 heavy (non-hydrogen) atoms. The molecule has 0 amide bonds. The Hall–Kier alpha value is -4.12. The number of hydrogen-bond donors (Lipinski definition) is 2. The molecule has 0 heterocycles. The molecule has 0 aliphatic rings. The second-order valence-corrected chi connectivity index (χ2v) is 19.1. The SMILES string of the molecule is CC/C=C\C/C=C\C/C=C\C/C=C\C/C=C\CC(=O)OCC(COP(=O)(O)OCC(CO)OC(=O)CCCCCCC/C=C\CCCCCCCC)OC(=O)CCCC/C=C\C/C=C\C/C=C\C/C=C\CC. The van der Waals surface area contributed by atoms with Gasteiger partial charge in [0.2, 0.25) is 0 Å². The summed E-state index contributed by atoms with van der Waals surface area (Å²) in [6.07, 6.45) is 64.8. The van der Waals surface area contributed by atoms with Crippen molar-refractivity contribution < 1.29 is 52.2 Å². The van der Waals surface area contributed by atoms with Gasteiger partial charge in [0.1, 0.15) is 12.7 Å². The number of aliphatic hydroxyl groups excluding tert-OH is 1. The number of carbonyl (C=O) groups is 3. The highest BCUT2D eigenvalue weighted by molar-refractivity contribution is 7.47. The van der Waals surface area contributed by atoms with Crippen molar-refractivity contribution in [3.05, 3.63) is 122 Å². The van der Waals surface area contributed by atoms with E-state index in [2.05, 4.69) is 124 Å². The van der Waals surface area contributed by atoms with Gasteiger partial charge in [-0.1, -0.05) is 194 Å². The van der Waals surface area contributed by atoms with Gasteiger partial charge in [-0.3, -0.25) is 23.4 Å². The van der Waals surface area contributed by atoms with E-state index < -0.39 is 64.4 Å². The molecule has 0 aliphatic heterocycles. The molecule has 0 saturated carbocycles. The van der Waals surface area contributed by atoms with Crippen LogP contribution in [-0.4, -0.2) is 66.5 Å². The summed E-state index contributed by atoms with van der Waals surface area (Å²) in [5.74, 6) is -1.69. The number of phosphoric acid groups is 1. The average Bonchev–Trinajstić information content (AvgIpc) is 3.37. The van der Waals surface area contributed by atoms with E-state index in [1.54, 1.807) is 6.08 Å². The van der Waals surface area contributed by atoms with Crippen LogP contribution in [0.25, 0.3) is 0 Å². The Kier molecular flexibility index (Phi) is 50.1. The molecule has 11 nitrogen and oxygen atoms in total. The fourth-order valence-corrected chi connectivity index (χ4v) is 7.55. The molecular formula is C60H97O11P. The molecule has 0 aromatic rings. The normalized spacial score (nSPS) is 14.3. The van der Waals surface area contributed by atoms with Gasteiger partial charge in [0.15, 0.2) is 6.10 Å². The average molecular weight is 1030 g/mol. The Labute approximate surface area is 437 Å². The Bertz CT molecular complexity index is 1670. The minimum absolute atomic E-state index is 0.0214. The highest BCUT2D eigenvalue weighted by Gasteiger charge is 2.28. The van der Waals surface area contributed by atoms with Crippen LogP contribution in [0.4, 0.5) is 0 Å². The minimum Gasteiger partial charge on any atom is -0.461 e. The fraction of sp³-hybridized carbons (Fsp3) is 0.617. The number of ether oxygens (including phenoxy) is 3. The number of hydrogen-bond acceptors (Lipinski definition) is 10. The Morgan fingerprint density at radius 3 is 1.22 bits per heavy atom. The molecule has 0 spiro atoms. The topological polar surface area (TPSA) is 155 Å². The lowest BCUT2D eigenvalue weighted by Gasteiger charge is -2.21. The summed E-state index contributed by atoms with van der Waals surface area (Å²) < 4.78 is 39.3. The van der Waals surface area contributed by atoms with Crippen molar-refractivity contribution in [2.45, 2.75) is 213 Å². The third-order valence-electron chi connectivity index (χ3n) is 10.9. The summed E-state index contributed by atoms with van der Waals surface area (Å²) in [4.78, 5) is 48.4. The number of rotatable bonds is 49. The van der Waals surface area contributed by atoms with Gasteiger partial charge in [-0.05, 0) is 109 Å². The van der Waals surface area contributed by atoms with E-state index in [-0.39, 0.29) is 19.3 Å². The molecule has 0 fully saturated rings. The van der Waals surface area contributed by atoms with Gasteiger partial charge in [0.05, 0.1) is 26.2 Å². The maximum absolute atomic E-state index is 12.9. The van der Waals surface area contributed by atoms with Gasteiger partial charge in [-0.2, -0.15) is 0 Å². The molecule has 0 saturated heterocycles. The largest absolute Gasteiger partial charge is 0.472 e. The van der Waals surface area contributed by atoms with Crippen molar-refractivity contribution in [1.29, 1.82) is 0 Å². The maximum atomic E-state index is 12.9. The maximum Gasteiger partial charge on any atom is 0.472 e. The van der Waals surface area contributed by atoms with Gasteiger partial charge in [0.25, 0.3) is 0 Å². The summed E-state index contributed by atoms with van der Waals surface area (Å²) in [5.41, 5.74) is 0. The van der Waals surface area contributed by atoms with E-state index >= 15 is 0 Å². The smallest absolute Gasteiger partial charge is 0.461 e. The van der Waals surface area contributed by atoms with E-state index in [1.165, 1.54) is 38.5 Å². The Morgan fingerprint density at radius 1 is 0.417 bits per heavy atom. The third-order valence-corrected chi connectivity index (χ3v) is 11.8. The zero-order valence-electron chi connectivity index (χ0n) is 44.8. The number of unbranched alkanes of at least 4 members (excludes halogenated alkanes) is 13. The molecular weight excluding hydrogens is 928 g/mol. The summed E-state index contributed by atoms with van der Waals surface area (Å²) in [5, 5.41) is 9.80. The van der Waals surface area contributed by atoms with E-state index in [1.807, 2.05) is 12.2 Å². The molecule has 12 heteroatoms. The summed E-state index contributed by atoms with van der Waals surface area (Å²) in [7, 11) is -4.79. The van der Waals surface area contributed by atoms with Crippen LogP contribution >= 0.6 is 7.82 Å². The van der Waals surface area contributed by atoms with E-state index in [0.29, 0.717) is 19.3 Å². The predicted molar refractivity (Wildman–Crippen MR) is 297 cm³/mol. The first-order valence-corrected chi connectivity index (χ1v) is 28.9. The highest BCUT2D eigenvalue weighted by atomic mass is 31.2. The van der Waals surface area contributed by atoms with Crippen LogP contribution in [0, 0.1) is 0 Å². The van der Waals surface area contributed by atoms with Crippen molar-refractivity contribution in [3.63, 3.8) is 0 Å². The Morgan fingerprint density at radius 2 is 0.764 bits per heavy atom. The number of esters is 3. The third kappa shape index (κ3) is 50.8. The minimum atomic E-state index is -4.79. The zero-order chi connectivity index (χ0) is 52.7. The quantitative estimate of drug-likeness (QED) is 0.0197. The summed E-state index contributed by atoms with van der Waals surface area (Å²) >= 11 is 0. The molecule has 0 aliphatic carbocycles. The lowest BCUT2D eigenvalue weighted by atomic mass is 10.1. The molecule has 0 rings (SSSR count). The van der Waals surface area contributed by atoms with Crippen LogP contribution in [0.2, 0.25) is 0 Å². The lowest BCUT2D eigenvalue weighted by molar-refractivity contribution is -0.161. The van der Waals surface area contributed by atoms with E-state index in [9.17, 15) is 28.9 Å². The van der Waals surface area contributed by atoms with Crippen LogP contribution < -0.4 is 0 Å². The van der Waals surface area contributed by atoms with Gasteiger partial charge < -0.3 is 24.2 Å². The number of phosphoric ester groups is 1. The number of carbonyl (C=O) groups excluding carboxylic acids is 3. The van der Waals surface area contributed by atoms with Crippen molar-refractivity contribution in [2.75, 3.05) is 26.4 Å². The summed E-state index contributed by atoms with van der Waals surface area (Å²) in [6.45, 7) is 4.22. The van der Waals surface area contributed by atoms with Crippen molar-refractivity contribution in [2.24, 2.45) is 0 Å². The monoisotopic (exact) mass is 1020 g/mol. The van der Waals surface area contributed by atoms with Crippen LogP contribution in [0.1, 0.15) is 201 Å².